The van der Waals surface area contributed by atoms with Gasteiger partial charge >= 0.3 is 5.63 Å². The third-order valence-corrected chi connectivity index (χ3v) is 5.27. The Balaban J connectivity index is 1.43. The van der Waals surface area contributed by atoms with Crippen molar-refractivity contribution in [2.75, 3.05) is 19.8 Å². The summed E-state index contributed by atoms with van der Waals surface area (Å²) < 4.78 is 27.5. The van der Waals surface area contributed by atoms with Gasteiger partial charge < -0.3 is 43.5 Å². The van der Waals surface area contributed by atoms with E-state index in [-0.39, 0.29) is 18.8 Å². The Hall–Kier alpha value is -2.73. The average Bonchev–Trinajstić information content (AvgIpc) is 3.25. The minimum atomic E-state index is -1.50. The molecule has 32 heavy (non-hydrogen) atoms. The molecule has 1 fully saturated rings. The molecule has 0 saturated carbocycles. The second kappa shape index (κ2) is 9.41. The molecule has 3 heterocycles. The van der Waals surface area contributed by atoms with E-state index in [0.29, 0.717) is 16.7 Å². The molecule has 0 unspecified atom stereocenters. The van der Waals surface area contributed by atoms with Gasteiger partial charge in [-0.25, -0.2) is 4.79 Å². The lowest BCUT2D eigenvalue weighted by molar-refractivity contribution is -0.299. The molecule has 2 aromatic heterocycles. The second-order valence-electron chi connectivity index (χ2n) is 7.59. The third kappa shape index (κ3) is 4.42. The van der Waals surface area contributed by atoms with Crippen molar-refractivity contribution in [3.8, 4) is 5.75 Å². The van der Waals surface area contributed by atoms with E-state index in [9.17, 15) is 25.2 Å². The fourth-order valence-corrected chi connectivity index (χ4v) is 3.48. The van der Waals surface area contributed by atoms with Crippen molar-refractivity contribution < 1.29 is 43.5 Å². The highest BCUT2D eigenvalue weighted by Gasteiger charge is 2.43. The maximum absolute atomic E-state index is 11.7. The molecule has 1 aromatic carbocycles. The molecule has 0 bridgehead atoms. The molecule has 3 aromatic rings. The van der Waals surface area contributed by atoms with Crippen molar-refractivity contribution in [3.63, 3.8) is 0 Å². The fraction of sp³-hybridized carbons (Fsp3) is 0.409. The van der Waals surface area contributed by atoms with E-state index >= 15 is 0 Å². The summed E-state index contributed by atoms with van der Waals surface area (Å²) in [5.74, 6) is 0.305. The molecule has 10 nitrogen and oxygen atoms in total. The number of furan rings is 1. The van der Waals surface area contributed by atoms with Crippen LogP contribution in [0.5, 0.6) is 5.75 Å². The van der Waals surface area contributed by atoms with Gasteiger partial charge in [-0.3, -0.25) is 0 Å². The van der Waals surface area contributed by atoms with Crippen molar-refractivity contribution in [1.82, 2.24) is 0 Å². The molecule has 0 aliphatic carbocycles. The van der Waals surface area contributed by atoms with E-state index in [2.05, 4.69) is 0 Å². The first-order valence-electron chi connectivity index (χ1n) is 10.0. The summed E-state index contributed by atoms with van der Waals surface area (Å²) in [5.41, 5.74) is 0.950. The summed E-state index contributed by atoms with van der Waals surface area (Å²) in [6.07, 6.45) is -3.44. The highest BCUT2D eigenvalue weighted by Crippen LogP contribution is 2.35. The number of rotatable bonds is 7. The lowest BCUT2D eigenvalue weighted by Crippen LogP contribution is -2.59. The van der Waals surface area contributed by atoms with E-state index in [4.69, 9.17) is 23.0 Å². The van der Waals surface area contributed by atoms with Gasteiger partial charge in [-0.1, -0.05) is 0 Å². The standard InChI is InChI=1S/C22H24O10/c1-11(10-30-22-18(27)17(26)16(25)14(9-23)31-22)4-6-29-21-19-13(5-7-28-19)8-12-2-3-15(24)32-20(12)21/h2-5,7-8,14,16-18,22-23,25-27H,6,9-10H2,1H3/b11-4+/t14-,16-,17+,18-,22-/m1/s1. The molecule has 0 spiro atoms. The lowest BCUT2D eigenvalue weighted by Gasteiger charge is -2.39. The summed E-state index contributed by atoms with van der Waals surface area (Å²) in [7, 11) is 0. The first kappa shape index (κ1) is 22.5. The van der Waals surface area contributed by atoms with Crippen LogP contribution < -0.4 is 10.4 Å². The Kier molecular flexibility index (Phi) is 6.60. The van der Waals surface area contributed by atoms with Gasteiger partial charge in [0.25, 0.3) is 0 Å². The topological polar surface area (TPSA) is 152 Å². The smallest absolute Gasteiger partial charge is 0.336 e. The minimum absolute atomic E-state index is 0.0346. The highest BCUT2D eigenvalue weighted by atomic mass is 16.7. The van der Waals surface area contributed by atoms with Gasteiger partial charge in [0.1, 0.15) is 31.0 Å². The summed E-state index contributed by atoms with van der Waals surface area (Å²) in [6.45, 7) is 1.37. The van der Waals surface area contributed by atoms with Crippen LogP contribution in [0.2, 0.25) is 0 Å². The van der Waals surface area contributed by atoms with Crippen LogP contribution >= 0.6 is 0 Å². The molecular weight excluding hydrogens is 424 g/mol. The van der Waals surface area contributed by atoms with Crippen molar-refractivity contribution >= 4 is 21.9 Å². The SMILES string of the molecule is C/C(=C\COc1c2occc2cc2ccc(=O)oc12)CO[C@@H]1O[C@H](CO)[C@@H](O)[C@H](O)[C@H]1O. The molecule has 1 aliphatic rings. The van der Waals surface area contributed by atoms with Gasteiger partial charge in [-0.05, 0) is 36.8 Å². The molecule has 0 amide bonds. The molecule has 172 valence electrons. The van der Waals surface area contributed by atoms with Crippen LogP contribution in [0.1, 0.15) is 6.92 Å². The summed E-state index contributed by atoms with van der Waals surface area (Å²) in [5, 5.41) is 40.4. The molecule has 4 rings (SSSR count). The Bertz CT molecular complexity index is 1160. The maximum Gasteiger partial charge on any atom is 0.336 e. The third-order valence-electron chi connectivity index (χ3n) is 5.27. The second-order valence-corrected chi connectivity index (χ2v) is 7.59. The van der Waals surface area contributed by atoms with Gasteiger partial charge in [0.15, 0.2) is 17.5 Å². The zero-order valence-corrected chi connectivity index (χ0v) is 17.2. The van der Waals surface area contributed by atoms with E-state index < -0.39 is 42.9 Å². The van der Waals surface area contributed by atoms with Crippen molar-refractivity contribution in [2.24, 2.45) is 0 Å². The Morgan fingerprint density at radius 2 is 1.88 bits per heavy atom. The van der Waals surface area contributed by atoms with Crippen LogP contribution in [0.4, 0.5) is 0 Å². The van der Waals surface area contributed by atoms with Crippen molar-refractivity contribution in [3.05, 3.63) is 52.6 Å². The number of hydrogen-bond acceptors (Lipinski definition) is 10. The predicted molar refractivity (Wildman–Crippen MR) is 111 cm³/mol. The largest absolute Gasteiger partial charge is 0.482 e. The molecular formula is C22H24O10. The monoisotopic (exact) mass is 448 g/mol. The fourth-order valence-electron chi connectivity index (χ4n) is 3.48. The molecule has 4 N–H and O–H groups in total. The summed E-state index contributed by atoms with van der Waals surface area (Å²) in [6, 6.07) is 6.59. The molecule has 0 radical (unpaired) electrons. The summed E-state index contributed by atoms with van der Waals surface area (Å²) >= 11 is 0. The van der Waals surface area contributed by atoms with Gasteiger partial charge in [0, 0.05) is 16.8 Å². The zero-order chi connectivity index (χ0) is 22.8. The van der Waals surface area contributed by atoms with Crippen molar-refractivity contribution in [1.29, 1.82) is 0 Å². The Morgan fingerprint density at radius 3 is 2.66 bits per heavy atom. The first-order valence-corrected chi connectivity index (χ1v) is 10.0. The van der Waals surface area contributed by atoms with Gasteiger partial charge in [0.2, 0.25) is 5.75 Å². The van der Waals surface area contributed by atoms with Gasteiger partial charge in [0.05, 0.1) is 19.5 Å². The van der Waals surface area contributed by atoms with Crippen LogP contribution in [0.3, 0.4) is 0 Å². The normalized spacial score (nSPS) is 26.7. The van der Waals surface area contributed by atoms with Crippen LogP contribution in [-0.2, 0) is 9.47 Å². The predicted octanol–water partition coefficient (Wildman–Crippen LogP) is 0.681. The van der Waals surface area contributed by atoms with Crippen LogP contribution in [-0.4, -0.2) is 71.0 Å². The van der Waals surface area contributed by atoms with E-state index in [1.165, 1.54) is 12.3 Å². The molecule has 1 saturated heterocycles. The minimum Gasteiger partial charge on any atom is -0.482 e. The van der Waals surface area contributed by atoms with E-state index in [1.807, 2.05) is 6.07 Å². The average molecular weight is 448 g/mol. The van der Waals surface area contributed by atoms with Crippen molar-refractivity contribution in [2.45, 2.75) is 37.6 Å². The molecule has 10 heteroatoms. The number of fused-ring (bicyclic) bond motifs is 2. The number of ether oxygens (including phenoxy) is 3. The van der Waals surface area contributed by atoms with Crippen LogP contribution in [0, 0.1) is 0 Å². The van der Waals surface area contributed by atoms with Crippen LogP contribution in [0.15, 0.2) is 55.8 Å². The van der Waals surface area contributed by atoms with E-state index in [0.717, 1.165) is 11.0 Å². The maximum atomic E-state index is 11.7. The summed E-state index contributed by atoms with van der Waals surface area (Å²) in [4.78, 5) is 11.7. The Morgan fingerprint density at radius 1 is 1.09 bits per heavy atom. The van der Waals surface area contributed by atoms with Gasteiger partial charge in [-0.2, -0.15) is 0 Å². The number of aliphatic hydroxyl groups excluding tert-OH is 4. The first-order chi connectivity index (χ1) is 15.4. The Labute approximate surface area is 181 Å². The highest BCUT2D eigenvalue weighted by molar-refractivity contribution is 5.99. The van der Waals surface area contributed by atoms with E-state index in [1.54, 1.807) is 25.1 Å². The number of hydrogen-bond donors (Lipinski definition) is 4. The quantitative estimate of drug-likeness (QED) is 0.300. The molecule has 1 aliphatic heterocycles. The zero-order valence-electron chi connectivity index (χ0n) is 17.2. The molecule has 5 atom stereocenters. The lowest BCUT2D eigenvalue weighted by atomic mass is 9.99. The number of aliphatic hydroxyl groups is 4. The van der Waals surface area contributed by atoms with Crippen LogP contribution in [0.25, 0.3) is 21.9 Å². The van der Waals surface area contributed by atoms with Gasteiger partial charge in [-0.15, -0.1) is 0 Å². The number of benzene rings is 1.